The van der Waals surface area contributed by atoms with Crippen LogP contribution in [0.5, 0.6) is 0 Å². The lowest BCUT2D eigenvalue weighted by molar-refractivity contribution is 1.03. The zero-order chi connectivity index (χ0) is 3.98. The zero-order valence-corrected chi connectivity index (χ0v) is 3.52. The highest BCUT2D eigenvalue weighted by Gasteiger charge is 2.34. The summed E-state index contributed by atoms with van der Waals surface area (Å²) in [5, 5.41) is 0. The van der Waals surface area contributed by atoms with Crippen molar-refractivity contribution in [3.63, 3.8) is 0 Å². The summed E-state index contributed by atoms with van der Waals surface area (Å²) in [6.45, 7) is 0. The zero-order valence-electron chi connectivity index (χ0n) is 3.52. The van der Waals surface area contributed by atoms with Gasteiger partial charge >= 0.3 is 0 Å². The Bertz CT molecular complexity index is 115. The fourth-order valence-corrected chi connectivity index (χ4v) is 0.922. The minimum absolute atomic E-state index is 0.921. The van der Waals surface area contributed by atoms with E-state index < -0.39 is 0 Å². The molecule has 0 aromatic heterocycles. The minimum atomic E-state index is 0.921. The van der Waals surface area contributed by atoms with Gasteiger partial charge in [0.05, 0.1) is 0 Å². The molecule has 0 nitrogen and oxygen atoms in total. The lowest BCUT2D eigenvalue weighted by atomic mass is 10.4. The topological polar surface area (TPSA) is 0 Å². The average Bonchev–Trinajstić information content (AvgIpc) is 2.17. The molecule has 2 aliphatic carbocycles. The van der Waals surface area contributed by atoms with Crippen molar-refractivity contribution < 1.29 is 0 Å². The van der Waals surface area contributed by atoms with Gasteiger partial charge in [0.2, 0.25) is 0 Å². The van der Waals surface area contributed by atoms with Crippen LogP contribution in [0.15, 0.2) is 17.9 Å². The predicted octanol–water partition coefficient (Wildman–Crippen LogP) is 1.35. The van der Waals surface area contributed by atoms with Crippen molar-refractivity contribution >= 4 is 0 Å². The Morgan fingerprint density at radius 1 is 1.33 bits per heavy atom. The highest BCUT2D eigenvalue weighted by molar-refractivity contribution is 5.16. The van der Waals surface area contributed by atoms with Gasteiger partial charge in [0.15, 0.2) is 0 Å². The van der Waals surface area contributed by atoms with Gasteiger partial charge in [0.25, 0.3) is 0 Å². The summed E-state index contributed by atoms with van der Waals surface area (Å²) in [5.74, 6) is 1.84. The molecule has 2 unspecified atom stereocenters. The van der Waals surface area contributed by atoms with Gasteiger partial charge in [0, 0.05) is 0 Å². The molecule has 0 N–H and O–H groups in total. The summed E-state index contributed by atoms with van der Waals surface area (Å²) < 4.78 is 0. The smallest absolute Gasteiger partial charge is 0.00822 e. The third kappa shape index (κ3) is 0.168. The molecule has 0 bridgehead atoms. The number of hydrogen-bond donors (Lipinski definition) is 0. The van der Waals surface area contributed by atoms with Gasteiger partial charge in [-0.05, 0) is 30.4 Å². The SMILES string of the molecule is C1=CC2CC2C=1. The Labute approximate surface area is 37.2 Å². The Morgan fingerprint density at radius 2 is 2.00 bits per heavy atom. The molecular weight excluding hydrogens is 72.1 g/mol. The number of allylic oxidation sites excluding steroid dienone is 1. The molecule has 0 aliphatic heterocycles. The van der Waals surface area contributed by atoms with E-state index >= 15 is 0 Å². The molecule has 0 spiro atoms. The molecular formula is C6H6. The Morgan fingerprint density at radius 3 is 2.17 bits per heavy atom. The van der Waals surface area contributed by atoms with Gasteiger partial charge in [-0.25, -0.2) is 0 Å². The summed E-state index contributed by atoms with van der Waals surface area (Å²) in [6, 6.07) is 0. The largest absolute Gasteiger partial charge is 0.129 e. The molecule has 0 heterocycles. The van der Waals surface area contributed by atoms with Gasteiger partial charge < -0.3 is 0 Å². The molecule has 0 radical (unpaired) electrons. The molecule has 0 aromatic rings. The maximum atomic E-state index is 3.07. The van der Waals surface area contributed by atoms with E-state index in [0.29, 0.717) is 0 Å². The van der Waals surface area contributed by atoms with E-state index in [1.54, 1.807) is 0 Å². The van der Waals surface area contributed by atoms with Crippen LogP contribution in [0, 0.1) is 11.8 Å². The summed E-state index contributed by atoms with van der Waals surface area (Å²) in [7, 11) is 0. The summed E-state index contributed by atoms with van der Waals surface area (Å²) in [6.07, 6.45) is 5.75. The number of fused-ring (bicyclic) bond motifs is 1. The molecule has 2 aliphatic rings. The van der Waals surface area contributed by atoms with Gasteiger partial charge in [0.1, 0.15) is 0 Å². The van der Waals surface area contributed by atoms with E-state index in [-0.39, 0.29) is 0 Å². The fourth-order valence-electron chi connectivity index (χ4n) is 0.922. The molecule has 1 fully saturated rings. The van der Waals surface area contributed by atoms with E-state index in [1.165, 1.54) is 6.42 Å². The standard InChI is InChI=1S/C6H6/c1-2-5-4-6(5)3-1/h2-3,5-6H,4H2. The fraction of sp³-hybridized carbons (Fsp3) is 0.500. The first-order valence-corrected chi connectivity index (χ1v) is 2.39. The Kier molecular flexibility index (Phi) is 0.273. The predicted molar refractivity (Wildman–Crippen MR) is 24.2 cm³/mol. The molecule has 1 saturated carbocycles. The molecule has 30 valence electrons. The van der Waals surface area contributed by atoms with Crippen LogP contribution < -0.4 is 0 Å². The summed E-state index contributed by atoms with van der Waals surface area (Å²) in [5.41, 5.74) is 3.07. The first kappa shape index (κ1) is 2.65. The van der Waals surface area contributed by atoms with Crippen LogP contribution >= 0.6 is 0 Å². The van der Waals surface area contributed by atoms with Gasteiger partial charge in [-0.2, -0.15) is 0 Å². The molecule has 6 heavy (non-hydrogen) atoms. The molecule has 2 atom stereocenters. The second-order valence-corrected chi connectivity index (χ2v) is 2.06. The number of rotatable bonds is 0. The van der Waals surface area contributed by atoms with Crippen molar-refractivity contribution in [1.29, 1.82) is 0 Å². The molecule has 0 saturated heterocycles. The van der Waals surface area contributed by atoms with E-state index in [4.69, 9.17) is 0 Å². The average molecular weight is 78.1 g/mol. The van der Waals surface area contributed by atoms with Crippen LogP contribution in [0.4, 0.5) is 0 Å². The highest BCUT2D eigenvalue weighted by Crippen LogP contribution is 2.43. The third-order valence-electron chi connectivity index (χ3n) is 1.51. The lowest BCUT2D eigenvalue weighted by Gasteiger charge is -1.63. The summed E-state index contributed by atoms with van der Waals surface area (Å²) >= 11 is 0. The molecule has 2 rings (SSSR count). The van der Waals surface area contributed by atoms with Crippen LogP contribution in [-0.2, 0) is 0 Å². The first-order chi connectivity index (χ1) is 2.97. The van der Waals surface area contributed by atoms with Crippen LogP contribution in [0.2, 0.25) is 0 Å². The van der Waals surface area contributed by atoms with E-state index in [2.05, 4.69) is 17.9 Å². The maximum absolute atomic E-state index is 3.07. The third-order valence-corrected chi connectivity index (χ3v) is 1.51. The lowest BCUT2D eigenvalue weighted by Crippen LogP contribution is -1.58. The molecule has 0 aromatic carbocycles. The van der Waals surface area contributed by atoms with Crippen molar-refractivity contribution in [2.24, 2.45) is 11.8 Å². The minimum Gasteiger partial charge on any atom is -0.129 e. The van der Waals surface area contributed by atoms with Crippen LogP contribution in [0.1, 0.15) is 6.42 Å². The van der Waals surface area contributed by atoms with Crippen molar-refractivity contribution in [2.75, 3.05) is 0 Å². The quantitative estimate of drug-likeness (QED) is 0.383. The van der Waals surface area contributed by atoms with Gasteiger partial charge in [-0.3, -0.25) is 0 Å². The second kappa shape index (κ2) is 0.618. The van der Waals surface area contributed by atoms with Crippen LogP contribution in [-0.4, -0.2) is 0 Å². The normalized spacial score (nSPS) is 46.7. The Balaban J connectivity index is 2.42. The molecule has 0 heteroatoms. The second-order valence-electron chi connectivity index (χ2n) is 2.06. The van der Waals surface area contributed by atoms with E-state index in [0.717, 1.165) is 11.8 Å². The monoisotopic (exact) mass is 78.0 g/mol. The van der Waals surface area contributed by atoms with Crippen molar-refractivity contribution in [1.82, 2.24) is 0 Å². The van der Waals surface area contributed by atoms with Crippen LogP contribution in [0.25, 0.3) is 0 Å². The van der Waals surface area contributed by atoms with E-state index in [1.807, 2.05) is 0 Å². The molecule has 0 amide bonds. The highest BCUT2D eigenvalue weighted by atomic mass is 14.4. The van der Waals surface area contributed by atoms with Crippen molar-refractivity contribution in [3.05, 3.63) is 17.9 Å². The number of hydrogen-bond acceptors (Lipinski definition) is 0. The van der Waals surface area contributed by atoms with Crippen LogP contribution in [0.3, 0.4) is 0 Å². The maximum Gasteiger partial charge on any atom is -0.00822 e. The Hall–Kier alpha value is -0.480. The van der Waals surface area contributed by atoms with Crippen molar-refractivity contribution in [3.8, 4) is 0 Å². The summed E-state index contributed by atoms with van der Waals surface area (Å²) in [4.78, 5) is 0. The van der Waals surface area contributed by atoms with Gasteiger partial charge in [-0.15, -0.1) is 5.73 Å². The van der Waals surface area contributed by atoms with Crippen molar-refractivity contribution in [2.45, 2.75) is 6.42 Å². The first-order valence-electron chi connectivity index (χ1n) is 2.39. The van der Waals surface area contributed by atoms with E-state index in [9.17, 15) is 0 Å². The van der Waals surface area contributed by atoms with Gasteiger partial charge in [-0.1, -0.05) is 0 Å².